The summed E-state index contributed by atoms with van der Waals surface area (Å²) in [5.74, 6) is 0. The van der Waals surface area contributed by atoms with Gasteiger partial charge < -0.3 is 15.0 Å². The first kappa shape index (κ1) is 15.3. The Balaban J connectivity index is 2.89. The van der Waals surface area contributed by atoms with Gasteiger partial charge in [0.2, 0.25) is 0 Å². The van der Waals surface area contributed by atoms with Crippen LogP contribution in [0, 0.1) is 0 Å². The SMILES string of the molecule is CCNCc1cc(Cl)ccc1N(CC)CCOC. The van der Waals surface area contributed by atoms with Crippen LogP contribution in [-0.4, -0.2) is 33.4 Å². The lowest BCUT2D eigenvalue weighted by Gasteiger charge is -2.25. The summed E-state index contributed by atoms with van der Waals surface area (Å²) in [5.41, 5.74) is 2.47. The van der Waals surface area contributed by atoms with Crippen molar-refractivity contribution in [2.24, 2.45) is 0 Å². The molecule has 0 aliphatic rings. The van der Waals surface area contributed by atoms with Crippen LogP contribution in [0.15, 0.2) is 18.2 Å². The third-order valence-corrected chi connectivity index (χ3v) is 3.13. The molecule has 1 aromatic carbocycles. The van der Waals surface area contributed by atoms with Crippen molar-refractivity contribution >= 4 is 17.3 Å². The van der Waals surface area contributed by atoms with Crippen molar-refractivity contribution in [3.8, 4) is 0 Å². The van der Waals surface area contributed by atoms with E-state index in [4.69, 9.17) is 16.3 Å². The zero-order valence-corrected chi connectivity index (χ0v) is 12.3. The molecule has 0 fully saturated rings. The zero-order chi connectivity index (χ0) is 13.4. The number of rotatable bonds is 8. The molecule has 0 heterocycles. The molecule has 0 atom stereocenters. The van der Waals surface area contributed by atoms with Crippen LogP contribution in [-0.2, 0) is 11.3 Å². The maximum Gasteiger partial charge on any atom is 0.0637 e. The zero-order valence-electron chi connectivity index (χ0n) is 11.5. The van der Waals surface area contributed by atoms with Gasteiger partial charge in [0.05, 0.1) is 6.61 Å². The maximum atomic E-state index is 6.08. The van der Waals surface area contributed by atoms with Gasteiger partial charge in [-0.1, -0.05) is 18.5 Å². The summed E-state index contributed by atoms with van der Waals surface area (Å²) in [7, 11) is 1.73. The Bertz CT molecular complexity index is 358. The molecule has 3 nitrogen and oxygen atoms in total. The molecule has 0 aromatic heterocycles. The maximum absolute atomic E-state index is 6.08. The average Bonchev–Trinajstić information content (AvgIpc) is 2.38. The van der Waals surface area contributed by atoms with Gasteiger partial charge in [0.25, 0.3) is 0 Å². The summed E-state index contributed by atoms with van der Waals surface area (Å²) in [6, 6.07) is 6.07. The van der Waals surface area contributed by atoms with Gasteiger partial charge in [-0.3, -0.25) is 0 Å². The first-order valence-corrected chi connectivity index (χ1v) is 6.83. The molecule has 0 amide bonds. The first-order valence-electron chi connectivity index (χ1n) is 6.45. The van der Waals surface area contributed by atoms with Gasteiger partial charge in [-0.25, -0.2) is 0 Å². The molecule has 102 valence electrons. The van der Waals surface area contributed by atoms with Crippen molar-refractivity contribution in [2.45, 2.75) is 20.4 Å². The summed E-state index contributed by atoms with van der Waals surface area (Å²) in [4.78, 5) is 2.31. The number of hydrogen-bond donors (Lipinski definition) is 1. The molecule has 0 saturated heterocycles. The quantitative estimate of drug-likeness (QED) is 0.786. The molecular formula is C14H23ClN2O. The standard InChI is InChI=1S/C14H23ClN2O/c1-4-16-11-12-10-13(15)6-7-14(12)17(5-2)8-9-18-3/h6-7,10,16H,4-5,8-9,11H2,1-3H3. The van der Waals surface area contributed by atoms with Gasteiger partial charge in [-0.2, -0.15) is 0 Å². The smallest absolute Gasteiger partial charge is 0.0637 e. The lowest BCUT2D eigenvalue weighted by Crippen LogP contribution is -2.28. The number of anilines is 1. The molecule has 4 heteroatoms. The molecule has 0 bridgehead atoms. The monoisotopic (exact) mass is 270 g/mol. The second-order valence-corrected chi connectivity index (χ2v) is 4.56. The van der Waals surface area contributed by atoms with E-state index in [-0.39, 0.29) is 0 Å². The second-order valence-electron chi connectivity index (χ2n) is 4.13. The van der Waals surface area contributed by atoms with Crippen molar-refractivity contribution in [1.82, 2.24) is 5.32 Å². The Morgan fingerprint density at radius 2 is 2.11 bits per heavy atom. The van der Waals surface area contributed by atoms with Crippen LogP contribution in [0.25, 0.3) is 0 Å². The van der Waals surface area contributed by atoms with Gasteiger partial charge in [0, 0.05) is 37.5 Å². The van der Waals surface area contributed by atoms with E-state index in [1.165, 1.54) is 11.3 Å². The van der Waals surface area contributed by atoms with E-state index < -0.39 is 0 Å². The summed E-state index contributed by atoms with van der Waals surface area (Å²) >= 11 is 6.08. The Morgan fingerprint density at radius 3 is 2.72 bits per heavy atom. The minimum atomic E-state index is 0.733. The fourth-order valence-corrected chi connectivity index (χ4v) is 2.11. The van der Waals surface area contributed by atoms with Crippen LogP contribution in [0.2, 0.25) is 5.02 Å². The predicted octanol–water partition coefficient (Wildman–Crippen LogP) is 2.92. The predicted molar refractivity (Wildman–Crippen MR) is 78.6 cm³/mol. The fraction of sp³-hybridized carbons (Fsp3) is 0.571. The molecule has 0 saturated carbocycles. The van der Waals surface area contributed by atoms with Gasteiger partial charge in [0.1, 0.15) is 0 Å². The number of ether oxygens (including phenoxy) is 1. The number of nitrogens with zero attached hydrogens (tertiary/aromatic N) is 1. The highest BCUT2D eigenvalue weighted by molar-refractivity contribution is 6.30. The number of hydrogen-bond acceptors (Lipinski definition) is 3. The highest BCUT2D eigenvalue weighted by Gasteiger charge is 2.09. The summed E-state index contributed by atoms with van der Waals surface area (Å²) in [6.07, 6.45) is 0. The Labute approximate surface area is 115 Å². The van der Waals surface area contributed by atoms with Crippen LogP contribution >= 0.6 is 11.6 Å². The second kappa shape index (κ2) is 8.35. The van der Waals surface area contributed by atoms with Crippen LogP contribution in [0.4, 0.5) is 5.69 Å². The molecule has 0 spiro atoms. The topological polar surface area (TPSA) is 24.5 Å². The van der Waals surface area contributed by atoms with E-state index in [1.54, 1.807) is 7.11 Å². The van der Waals surface area contributed by atoms with Gasteiger partial charge in [0.15, 0.2) is 0 Å². The van der Waals surface area contributed by atoms with E-state index in [1.807, 2.05) is 12.1 Å². The van der Waals surface area contributed by atoms with Crippen molar-refractivity contribution in [2.75, 3.05) is 38.3 Å². The Hall–Kier alpha value is -0.770. The molecule has 0 unspecified atom stereocenters. The number of likely N-dealkylation sites (N-methyl/N-ethyl adjacent to an activating group) is 1. The van der Waals surface area contributed by atoms with Gasteiger partial charge in [-0.15, -0.1) is 0 Å². The molecule has 1 N–H and O–H groups in total. The molecule has 1 aromatic rings. The van der Waals surface area contributed by atoms with E-state index in [0.717, 1.165) is 37.8 Å². The molecule has 0 aliphatic heterocycles. The summed E-state index contributed by atoms with van der Waals surface area (Å²) in [5, 5.41) is 4.14. The number of nitrogens with one attached hydrogen (secondary N) is 1. The van der Waals surface area contributed by atoms with Crippen molar-refractivity contribution in [3.05, 3.63) is 28.8 Å². The Morgan fingerprint density at radius 1 is 1.33 bits per heavy atom. The normalized spacial score (nSPS) is 10.7. The van der Waals surface area contributed by atoms with Crippen LogP contribution in [0.3, 0.4) is 0 Å². The lowest BCUT2D eigenvalue weighted by atomic mass is 10.1. The van der Waals surface area contributed by atoms with Crippen molar-refractivity contribution in [3.63, 3.8) is 0 Å². The van der Waals surface area contributed by atoms with Crippen molar-refractivity contribution in [1.29, 1.82) is 0 Å². The highest BCUT2D eigenvalue weighted by atomic mass is 35.5. The third-order valence-electron chi connectivity index (χ3n) is 2.89. The number of halogens is 1. The number of methoxy groups -OCH3 is 1. The van der Waals surface area contributed by atoms with Gasteiger partial charge >= 0.3 is 0 Å². The highest BCUT2D eigenvalue weighted by Crippen LogP contribution is 2.24. The van der Waals surface area contributed by atoms with Crippen LogP contribution < -0.4 is 10.2 Å². The lowest BCUT2D eigenvalue weighted by molar-refractivity contribution is 0.205. The Kier molecular flexibility index (Phi) is 7.09. The van der Waals surface area contributed by atoms with E-state index in [9.17, 15) is 0 Å². The van der Waals surface area contributed by atoms with E-state index in [2.05, 4.69) is 30.1 Å². The first-order chi connectivity index (χ1) is 8.72. The number of benzene rings is 1. The average molecular weight is 271 g/mol. The summed E-state index contributed by atoms with van der Waals surface area (Å²) in [6.45, 7) is 8.65. The molecule has 0 radical (unpaired) electrons. The molecular weight excluding hydrogens is 248 g/mol. The van der Waals surface area contributed by atoms with E-state index >= 15 is 0 Å². The summed E-state index contributed by atoms with van der Waals surface area (Å²) < 4.78 is 5.16. The van der Waals surface area contributed by atoms with Crippen molar-refractivity contribution < 1.29 is 4.74 Å². The van der Waals surface area contributed by atoms with Crippen LogP contribution in [0.5, 0.6) is 0 Å². The minimum Gasteiger partial charge on any atom is -0.383 e. The molecule has 18 heavy (non-hydrogen) atoms. The third kappa shape index (κ3) is 4.48. The molecule has 1 rings (SSSR count). The fourth-order valence-electron chi connectivity index (χ4n) is 1.91. The largest absolute Gasteiger partial charge is 0.383 e. The van der Waals surface area contributed by atoms with E-state index in [0.29, 0.717) is 0 Å². The van der Waals surface area contributed by atoms with Crippen LogP contribution in [0.1, 0.15) is 19.4 Å². The molecule has 0 aliphatic carbocycles. The minimum absolute atomic E-state index is 0.733. The van der Waals surface area contributed by atoms with Gasteiger partial charge in [-0.05, 0) is 37.2 Å².